The lowest BCUT2D eigenvalue weighted by Crippen LogP contribution is -2.50. The number of hydrogen-bond acceptors (Lipinski definition) is 5. The predicted octanol–water partition coefficient (Wildman–Crippen LogP) is 3.63. The number of thiazole rings is 1. The molecule has 1 fully saturated rings. The molecule has 9 heteroatoms. The molecule has 160 valence electrons. The summed E-state index contributed by atoms with van der Waals surface area (Å²) in [7, 11) is 1.79. The molecule has 0 unspecified atom stereocenters. The van der Waals surface area contributed by atoms with E-state index in [1.807, 2.05) is 13.0 Å². The number of halogens is 1. The third kappa shape index (κ3) is 6.98. The van der Waals surface area contributed by atoms with Gasteiger partial charge >= 0.3 is 6.09 Å². The van der Waals surface area contributed by atoms with Gasteiger partial charge in [0, 0.05) is 39.1 Å². The van der Waals surface area contributed by atoms with E-state index in [9.17, 15) is 4.79 Å². The molecule has 7 nitrogen and oxygen atoms in total. The molecule has 0 radical (unpaired) electrons. The van der Waals surface area contributed by atoms with E-state index in [0.29, 0.717) is 25.7 Å². The Morgan fingerprint density at radius 1 is 1.34 bits per heavy atom. The van der Waals surface area contributed by atoms with Crippen LogP contribution < -0.4 is 10.6 Å². The Morgan fingerprint density at radius 3 is 2.79 bits per heavy atom. The number of nitrogens with one attached hydrogen (secondary N) is 2. The number of aliphatic imine (C=N–C) groups is 1. The molecular weight excluding hydrogens is 501 g/mol. The van der Waals surface area contributed by atoms with Gasteiger partial charge in [0.05, 0.1) is 21.8 Å². The van der Waals surface area contributed by atoms with E-state index in [1.54, 1.807) is 23.3 Å². The second kappa shape index (κ2) is 12.2. The molecule has 1 amide bonds. The van der Waals surface area contributed by atoms with Crippen LogP contribution in [0.4, 0.5) is 4.79 Å². The van der Waals surface area contributed by atoms with Crippen LogP contribution in [0.3, 0.4) is 0 Å². The first-order valence-corrected chi connectivity index (χ1v) is 10.7. The van der Waals surface area contributed by atoms with Crippen molar-refractivity contribution in [3.8, 4) is 0 Å². The third-order valence-corrected chi connectivity index (χ3v) is 5.88. The molecule has 1 aromatic carbocycles. The van der Waals surface area contributed by atoms with Crippen molar-refractivity contribution in [2.24, 2.45) is 4.99 Å². The minimum Gasteiger partial charge on any atom is -0.450 e. The molecule has 2 aromatic rings. The molecule has 3 rings (SSSR count). The SMILES string of the molecule is CCOC(=O)N1CCC(NC(=NC)NCCCc2nc3ccccc3s2)CC1.I. The zero-order valence-electron chi connectivity index (χ0n) is 17.0. The van der Waals surface area contributed by atoms with E-state index in [0.717, 1.165) is 43.7 Å². The summed E-state index contributed by atoms with van der Waals surface area (Å²) in [4.78, 5) is 22.5. The standard InChI is InChI=1S/C20H29N5O2S.HI/c1-3-27-20(26)25-13-10-15(11-14-25)23-19(21-2)22-12-6-9-18-24-16-7-4-5-8-17(16)28-18;/h4-5,7-8,15H,3,6,9-14H2,1-2H3,(H2,21,22,23);1H. The van der Waals surface area contributed by atoms with Crippen molar-refractivity contribution in [1.82, 2.24) is 20.5 Å². The molecule has 1 aliphatic heterocycles. The van der Waals surface area contributed by atoms with E-state index < -0.39 is 0 Å². The summed E-state index contributed by atoms with van der Waals surface area (Å²) in [5.41, 5.74) is 1.09. The molecule has 0 aliphatic carbocycles. The maximum atomic E-state index is 11.8. The van der Waals surface area contributed by atoms with Gasteiger partial charge in [0.15, 0.2) is 5.96 Å². The van der Waals surface area contributed by atoms with Crippen LogP contribution in [0.15, 0.2) is 29.3 Å². The number of aryl methyl sites for hydroxylation is 1. The highest BCUT2D eigenvalue weighted by Gasteiger charge is 2.23. The second-order valence-electron chi connectivity index (χ2n) is 6.78. The van der Waals surface area contributed by atoms with E-state index in [1.165, 1.54) is 9.71 Å². The molecule has 1 aliphatic rings. The fourth-order valence-corrected chi connectivity index (χ4v) is 4.29. The van der Waals surface area contributed by atoms with E-state index in [2.05, 4.69) is 38.8 Å². The molecule has 1 saturated heterocycles. The lowest BCUT2D eigenvalue weighted by molar-refractivity contribution is 0.0963. The normalized spacial score (nSPS) is 15.1. The van der Waals surface area contributed by atoms with E-state index in [4.69, 9.17) is 4.74 Å². The first-order chi connectivity index (χ1) is 13.7. The number of guanidine groups is 1. The first-order valence-electron chi connectivity index (χ1n) is 9.93. The van der Waals surface area contributed by atoms with Crippen molar-refractivity contribution in [2.75, 3.05) is 33.3 Å². The predicted molar refractivity (Wildman–Crippen MR) is 129 cm³/mol. The van der Waals surface area contributed by atoms with E-state index >= 15 is 0 Å². The molecule has 0 saturated carbocycles. The second-order valence-corrected chi connectivity index (χ2v) is 7.90. The molecule has 0 spiro atoms. The van der Waals surface area contributed by atoms with Crippen molar-refractivity contribution in [1.29, 1.82) is 0 Å². The summed E-state index contributed by atoms with van der Waals surface area (Å²) >= 11 is 1.77. The highest BCUT2D eigenvalue weighted by Crippen LogP contribution is 2.22. The van der Waals surface area contributed by atoms with Gasteiger partial charge in [-0.25, -0.2) is 9.78 Å². The van der Waals surface area contributed by atoms with Crippen molar-refractivity contribution in [3.63, 3.8) is 0 Å². The van der Waals surface area contributed by atoms with Crippen molar-refractivity contribution in [2.45, 2.75) is 38.6 Å². The Labute approximate surface area is 193 Å². The Hall–Kier alpha value is -1.62. The number of aromatic nitrogens is 1. The Morgan fingerprint density at radius 2 is 2.10 bits per heavy atom. The number of para-hydroxylation sites is 1. The molecule has 1 aromatic heterocycles. The minimum atomic E-state index is -0.210. The first kappa shape index (κ1) is 23.7. The van der Waals surface area contributed by atoms with Gasteiger partial charge < -0.3 is 20.3 Å². The van der Waals surface area contributed by atoms with Crippen LogP contribution in [-0.4, -0.2) is 61.3 Å². The fourth-order valence-electron chi connectivity index (χ4n) is 3.28. The van der Waals surface area contributed by atoms with E-state index in [-0.39, 0.29) is 30.1 Å². The smallest absolute Gasteiger partial charge is 0.409 e. The number of rotatable bonds is 6. The Bertz CT molecular complexity index is 772. The largest absolute Gasteiger partial charge is 0.450 e. The monoisotopic (exact) mass is 531 g/mol. The highest BCUT2D eigenvalue weighted by atomic mass is 127. The summed E-state index contributed by atoms with van der Waals surface area (Å²) in [5.74, 6) is 0.818. The Balaban J connectivity index is 0.00000300. The highest BCUT2D eigenvalue weighted by molar-refractivity contribution is 14.0. The maximum absolute atomic E-state index is 11.8. The maximum Gasteiger partial charge on any atom is 0.409 e. The van der Waals surface area contributed by atoms with Crippen LogP contribution in [0.5, 0.6) is 0 Å². The number of nitrogens with zero attached hydrogens (tertiary/aromatic N) is 3. The summed E-state index contributed by atoms with van der Waals surface area (Å²) in [6.07, 6.45) is 3.54. The topological polar surface area (TPSA) is 78.8 Å². The van der Waals surface area contributed by atoms with Crippen LogP contribution in [-0.2, 0) is 11.2 Å². The fraction of sp³-hybridized carbons (Fsp3) is 0.550. The van der Waals surface area contributed by atoms with Gasteiger partial charge in [0.25, 0.3) is 0 Å². The molecular formula is C20H30IN5O2S. The van der Waals surface area contributed by atoms with Gasteiger partial charge in [-0.3, -0.25) is 4.99 Å². The minimum absolute atomic E-state index is 0. The summed E-state index contributed by atoms with van der Waals surface area (Å²) in [6, 6.07) is 8.58. The number of benzene rings is 1. The number of amides is 1. The number of ether oxygens (including phenoxy) is 1. The zero-order chi connectivity index (χ0) is 19.8. The van der Waals surface area contributed by atoms with Crippen LogP contribution in [0.1, 0.15) is 31.2 Å². The van der Waals surface area contributed by atoms with Gasteiger partial charge in [-0.1, -0.05) is 12.1 Å². The average Bonchev–Trinajstić information content (AvgIpc) is 3.13. The molecule has 2 heterocycles. The lowest BCUT2D eigenvalue weighted by atomic mass is 10.1. The van der Waals surface area contributed by atoms with Gasteiger partial charge in [-0.2, -0.15) is 0 Å². The quantitative estimate of drug-likeness (QED) is 0.258. The van der Waals surface area contributed by atoms with Gasteiger partial charge in [0.1, 0.15) is 0 Å². The summed E-state index contributed by atoms with van der Waals surface area (Å²) in [5, 5.41) is 8.03. The third-order valence-electron chi connectivity index (χ3n) is 4.78. The zero-order valence-corrected chi connectivity index (χ0v) is 20.2. The van der Waals surface area contributed by atoms with Crippen LogP contribution in [0.2, 0.25) is 0 Å². The molecule has 0 bridgehead atoms. The number of fused-ring (bicyclic) bond motifs is 1. The number of likely N-dealkylation sites (tertiary alicyclic amines) is 1. The van der Waals surface area contributed by atoms with Gasteiger partial charge in [0.2, 0.25) is 0 Å². The van der Waals surface area contributed by atoms with Crippen LogP contribution in [0, 0.1) is 0 Å². The number of carbonyl (C=O) groups is 1. The molecule has 29 heavy (non-hydrogen) atoms. The number of carbonyl (C=O) groups excluding carboxylic acids is 1. The van der Waals surface area contributed by atoms with Crippen molar-refractivity contribution in [3.05, 3.63) is 29.3 Å². The van der Waals surface area contributed by atoms with Crippen molar-refractivity contribution < 1.29 is 9.53 Å². The van der Waals surface area contributed by atoms with Gasteiger partial charge in [-0.05, 0) is 38.3 Å². The van der Waals surface area contributed by atoms with Crippen molar-refractivity contribution >= 4 is 57.6 Å². The Kier molecular flexibility index (Phi) is 9.92. The summed E-state index contributed by atoms with van der Waals surface area (Å²) < 4.78 is 6.31. The number of piperidine rings is 1. The average molecular weight is 531 g/mol. The van der Waals surface area contributed by atoms with Crippen LogP contribution in [0.25, 0.3) is 10.2 Å². The number of hydrogen-bond donors (Lipinski definition) is 2. The van der Waals surface area contributed by atoms with Gasteiger partial charge in [-0.15, -0.1) is 35.3 Å². The molecule has 0 atom stereocenters. The summed E-state index contributed by atoms with van der Waals surface area (Å²) in [6.45, 7) is 4.52. The lowest BCUT2D eigenvalue weighted by Gasteiger charge is -2.32. The molecule has 2 N–H and O–H groups in total. The van der Waals surface area contributed by atoms with Crippen LogP contribution >= 0.6 is 35.3 Å².